The summed E-state index contributed by atoms with van der Waals surface area (Å²) >= 11 is 1.54. The van der Waals surface area contributed by atoms with Gasteiger partial charge in [-0.25, -0.2) is 0 Å². The molecule has 3 aromatic rings. The maximum Gasteiger partial charge on any atom is 0.238 e. The summed E-state index contributed by atoms with van der Waals surface area (Å²) in [5.74, 6) is 2.81. The maximum atomic E-state index is 5.73. The predicted octanol–water partition coefficient (Wildman–Crippen LogP) is 3.21. The largest absolute Gasteiger partial charge is 0.496 e. The molecule has 3 rings (SSSR count). The first-order chi connectivity index (χ1) is 10.3. The zero-order chi connectivity index (χ0) is 14.7. The van der Waals surface area contributed by atoms with Crippen LogP contribution in [-0.2, 0) is 5.75 Å². The molecule has 1 aromatic carbocycles. The van der Waals surface area contributed by atoms with Crippen LogP contribution in [0.15, 0.2) is 50.4 Å². The van der Waals surface area contributed by atoms with E-state index in [1.165, 1.54) is 11.8 Å². The van der Waals surface area contributed by atoms with Gasteiger partial charge in [0.2, 0.25) is 11.7 Å². The third kappa shape index (κ3) is 3.03. The van der Waals surface area contributed by atoms with E-state index in [0.717, 1.165) is 10.6 Å². The number of methoxy groups -OCH3 is 1. The standard InChI is InChI=1S/C14H13N3O3S/c1-18-11-7-9(15)4-5-12(11)21-8-13-16-14(17-20-13)10-3-2-6-19-10/h2-7H,8,15H2,1H3. The second-order valence-corrected chi connectivity index (χ2v) is 5.21. The summed E-state index contributed by atoms with van der Waals surface area (Å²) < 4.78 is 15.7. The number of thioether (sulfide) groups is 1. The van der Waals surface area contributed by atoms with Crippen molar-refractivity contribution in [3.05, 3.63) is 42.5 Å². The van der Waals surface area contributed by atoms with E-state index in [0.29, 0.717) is 28.9 Å². The van der Waals surface area contributed by atoms with Crippen molar-refractivity contribution < 1.29 is 13.7 Å². The van der Waals surface area contributed by atoms with Crippen molar-refractivity contribution in [3.8, 4) is 17.3 Å². The summed E-state index contributed by atoms with van der Waals surface area (Å²) in [5, 5.41) is 3.88. The number of anilines is 1. The Hall–Kier alpha value is -2.41. The molecule has 0 saturated heterocycles. The fourth-order valence-corrected chi connectivity index (χ4v) is 2.61. The second-order valence-electron chi connectivity index (χ2n) is 4.19. The highest BCUT2D eigenvalue weighted by Crippen LogP contribution is 2.33. The molecule has 2 N–H and O–H groups in total. The summed E-state index contributed by atoms with van der Waals surface area (Å²) in [5.41, 5.74) is 6.39. The van der Waals surface area contributed by atoms with E-state index in [1.54, 1.807) is 31.6 Å². The first kappa shape index (κ1) is 13.6. The van der Waals surface area contributed by atoms with Crippen LogP contribution >= 0.6 is 11.8 Å². The molecule has 2 heterocycles. The third-order valence-electron chi connectivity index (χ3n) is 2.75. The highest BCUT2D eigenvalue weighted by molar-refractivity contribution is 7.98. The fraction of sp³-hybridized carbons (Fsp3) is 0.143. The Morgan fingerprint density at radius 2 is 2.24 bits per heavy atom. The predicted molar refractivity (Wildman–Crippen MR) is 79.0 cm³/mol. The van der Waals surface area contributed by atoms with Crippen LogP contribution in [-0.4, -0.2) is 17.3 Å². The molecule has 0 atom stereocenters. The minimum Gasteiger partial charge on any atom is -0.496 e. The van der Waals surface area contributed by atoms with E-state index in [1.807, 2.05) is 12.1 Å². The number of nitrogens with two attached hydrogens (primary N) is 1. The lowest BCUT2D eigenvalue weighted by molar-refractivity contribution is 0.390. The highest BCUT2D eigenvalue weighted by atomic mass is 32.2. The van der Waals surface area contributed by atoms with Crippen molar-refractivity contribution in [1.29, 1.82) is 0 Å². The van der Waals surface area contributed by atoms with Gasteiger partial charge in [-0.3, -0.25) is 0 Å². The van der Waals surface area contributed by atoms with Crippen LogP contribution in [0.3, 0.4) is 0 Å². The van der Waals surface area contributed by atoms with E-state index in [9.17, 15) is 0 Å². The molecule has 0 bridgehead atoms. The minimum atomic E-state index is 0.444. The van der Waals surface area contributed by atoms with Crippen molar-refractivity contribution in [1.82, 2.24) is 10.1 Å². The zero-order valence-corrected chi connectivity index (χ0v) is 12.1. The molecular formula is C14H13N3O3S. The first-order valence-electron chi connectivity index (χ1n) is 6.19. The fourth-order valence-electron chi connectivity index (χ4n) is 1.76. The number of benzene rings is 1. The van der Waals surface area contributed by atoms with E-state index >= 15 is 0 Å². The third-order valence-corrected chi connectivity index (χ3v) is 3.79. The van der Waals surface area contributed by atoms with Crippen molar-refractivity contribution in [2.45, 2.75) is 10.6 Å². The van der Waals surface area contributed by atoms with Gasteiger partial charge in [0.15, 0.2) is 5.76 Å². The number of hydrogen-bond acceptors (Lipinski definition) is 7. The lowest BCUT2D eigenvalue weighted by Gasteiger charge is -2.07. The van der Waals surface area contributed by atoms with Gasteiger partial charge in [0.25, 0.3) is 0 Å². The quantitative estimate of drug-likeness (QED) is 0.572. The van der Waals surface area contributed by atoms with Crippen molar-refractivity contribution in [2.24, 2.45) is 0 Å². The number of furan rings is 1. The molecule has 0 radical (unpaired) electrons. The maximum absolute atomic E-state index is 5.73. The highest BCUT2D eigenvalue weighted by Gasteiger charge is 2.12. The molecular weight excluding hydrogens is 290 g/mol. The number of aromatic nitrogens is 2. The van der Waals surface area contributed by atoms with Gasteiger partial charge in [0.05, 0.1) is 19.1 Å². The molecule has 0 saturated carbocycles. The number of rotatable bonds is 5. The van der Waals surface area contributed by atoms with Gasteiger partial charge in [-0.2, -0.15) is 4.98 Å². The zero-order valence-electron chi connectivity index (χ0n) is 11.3. The van der Waals surface area contributed by atoms with Gasteiger partial charge in [-0.15, -0.1) is 11.8 Å². The van der Waals surface area contributed by atoms with E-state index < -0.39 is 0 Å². The molecule has 0 aliphatic carbocycles. The van der Waals surface area contributed by atoms with E-state index in [-0.39, 0.29) is 0 Å². The number of ether oxygens (including phenoxy) is 1. The minimum absolute atomic E-state index is 0.444. The molecule has 0 aliphatic heterocycles. The number of nitrogen functional groups attached to an aromatic ring is 1. The first-order valence-corrected chi connectivity index (χ1v) is 7.17. The Morgan fingerprint density at radius 1 is 1.33 bits per heavy atom. The molecule has 108 valence electrons. The Bertz CT molecular complexity index is 725. The Kier molecular flexibility index (Phi) is 3.83. The SMILES string of the molecule is COc1cc(N)ccc1SCc1nc(-c2ccco2)no1. The lowest BCUT2D eigenvalue weighted by atomic mass is 10.3. The van der Waals surface area contributed by atoms with Crippen LogP contribution in [0.5, 0.6) is 5.75 Å². The molecule has 0 amide bonds. The molecule has 2 aromatic heterocycles. The molecule has 0 spiro atoms. The summed E-state index contributed by atoms with van der Waals surface area (Å²) in [6.07, 6.45) is 1.57. The van der Waals surface area contributed by atoms with Crippen LogP contribution in [0.2, 0.25) is 0 Å². The van der Waals surface area contributed by atoms with E-state index in [2.05, 4.69) is 10.1 Å². The number of nitrogens with zero attached hydrogens (tertiary/aromatic N) is 2. The van der Waals surface area contributed by atoms with Crippen LogP contribution in [0.1, 0.15) is 5.89 Å². The normalized spacial score (nSPS) is 10.7. The second kappa shape index (κ2) is 5.92. The number of hydrogen-bond donors (Lipinski definition) is 1. The molecule has 0 aliphatic rings. The summed E-state index contributed by atoms with van der Waals surface area (Å²) in [7, 11) is 1.61. The van der Waals surface area contributed by atoms with Gasteiger partial charge in [0, 0.05) is 16.6 Å². The Labute approximate surface area is 125 Å². The summed E-state index contributed by atoms with van der Waals surface area (Å²) in [6, 6.07) is 9.07. The van der Waals surface area contributed by atoms with Crippen LogP contribution in [0.4, 0.5) is 5.69 Å². The van der Waals surface area contributed by atoms with Crippen molar-refractivity contribution in [2.75, 3.05) is 12.8 Å². The molecule has 0 unspecified atom stereocenters. The van der Waals surface area contributed by atoms with Gasteiger partial charge in [-0.1, -0.05) is 5.16 Å². The Balaban J connectivity index is 1.71. The summed E-state index contributed by atoms with van der Waals surface area (Å²) in [4.78, 5) is 5.25. The average Bonchev–Trinajstić information content (AvgIpc) is 3.16. The van der Waals surface area contributed by atoms with Crippen LogP contribution < -0.4 is 10.5 Å². The van der Waals surface area contributed by atoms with Crippen LogP contribution in [0, 0.1) is 0 Å². The molecule has 21 heavy (non-hydrogen) atoms. The summed E-state index contributed by atoms with van der Waals surface area (Å²) in [6.45, 7) is 0. The van der Waals surface area contributed by atoms with Gasteiger partial charge in [0.1, 0.15) is 5.75 Å². The van der Waals surface area contributed by atoms with Gasteiger partial charge in [-0.05, 0) is 24.3 Å². The molecule has 0 fully saturated rings. The average molecular weight is 303 g/mol. The van der Waals surface area contributed by atoms with Crippen molar-refractivity contribution >= 4 is 17.4 Å². The Morgan fingerprint density at radius 3 is 3.00 bits per heavy atom. The van der Waals surface area contributed by atoms with Crippen LogP contribution in [0.25, 0.3) is 11.6 Å². The lowest BCUT2D eigenvalue weighted by Crippen LogP contribution is -1.91. The smallest absolute Gasteiger partial charge is 0.238 e. The van der Waals surface area contributed by atoms with Crippen molar-refractivity contribution in [3.63, 3.8) is 0 Å². The monoisotopic (exact) mass is 303 g/mol. The van der Waals surface area contributed by atoms with E-state index in [4.69, 9.17) is 19.4 Å². The van der Waals surface area contributed by atoms with Gasteiger partial charge < -0.3 is 19.4 Å². The molecule has 7 heteroatoms. The van der Waals surface area contributed by atoms with Gasteiger partial charge >= 0.3 is 0 Å². The molecule has 6 nitrogen and oxygen atoms in total. The topological polar surface area (TPSA) is 87.3 Å².